The van der Waals surface area contributed by atoms with Crippen molar-refractivity contribution >= 4 is 17.6 Å². The van der Waals surface area contributed by atoms with Gasteiger partial charge in [0, 0.05) is 23.4 Å². The minimum Gasteiger partial charge on any atom is -0.467 e. The maximum absolute atomic E-state index is 14.4. The lowest BCUT2D eigenvalue weighted by Crippen LogP contribution is -2.44. The summed E-state index contributed by atoms with van der Waals surface area (Å²) in [6, 6.07) is 13.1. The van der Waals surface area contributed by atoms with E-state index in [4.69, 9.17) is 4.74 Å². The summed E-state index contributed by atoms with van der Waals surface area (Å²) in [5, 5.41) is 4.53. The predicted octanol–water partition coefficient (Wildman–Crippen LogP) is 3.24. The molecule has 5 rings (SSSR count). The van der Waals surface area contributed by atoms with Gasteiger partial charge in [-0.1, -0.05) is 30.3 Å². The predicted molar refractivity (Wildman–Crippen MR) is 108 cm³/mol. The van der Waals surface area contributed by atoms with Crippen LogP contribution in [-0.2, 0) is 28.8 Å². The van der Waals surface area contributed by atoms with Gasteiger partial charge in [-0.3, -0.25) is 9.69 Å². The van der Waals surface area contributed by atoms with Crippen LogP contribution in [0.25, 0.3) is 5.69 Å². The first-order valence-corrected chi connectivity index (χ1v) is 9.95. The van der Waals surface area contributed by atoms with E-state index in [1.165, 1.54) is 18.1 Å². The van der Waals surface area contributed by atoms with Crippen molar-refractivity contribution in [2.24, 2.45) is 0 Å². The van der Waals surface area contributed by atoms with Crippen LogP contribution in [0, 0.1) is 5.82 Å². The van der Waals surface area contributed by atoms with Gasteiger partial charge in [-0.15, -0.1) is 0 Å². The maximum Gasteiger partial charge on any atom is 0.329 e. The van der Waals surface area contributed by atoms with Crippen molar-refractivity contribution in [3.8, 4) is 5.69 Å². The van der Waals surface area contributed by atoms with Crippen LogP contribution in [0.5, 0.6) is 0 Å². The van der Waals surface area contributed by atoms with E-state index in [1.54, 1.807) is 22.9 Å². The summed E-state index contributed by atoms with van der Waals surface area (Å²) < 4.78 is 20.9. The average Bonchev–Trinajstić information content (AvgIpc) is 3.46. The molecule has 2 heterocycles. The van der Waals surface area contributed by atoms with Crippen molar-refractivity contribution in [3.05, 3.63) is 76.9 Å². The smallest absolute Gasteiger partial charge is 0.329 e. The SMILES string of the molecule is COC(=O)C1Cc2ccccc2N1C(=O)c1nn(-c2ccccc2F)c2c1CCC2. The monoisotopic (exact) mass is 405 g/mol. The van der Waals surface area contributed by atoms with Crippen LogP contribution < -0.4 is 4.90 Å². The molecule has 0 spiro atoms. The Hall–Kier alpha value is -3.48. The quantitative estimate of drug-likeness (QED) is 0.628. The van der Waals surface area contributed by atoms with Crippen LogP contribution >= 0.6 is 0 Å². The third-order valence-electron chi connectivity index (χ3n) is 5.88. The van der Waals surface area contributed by atoms with E-state index in [0.29, 0.717) is 24.2 Å². The second-order valence-electron chi connectivity index (χ2n) is 7.54. The summed E-state index contributed by atoms with van der Waals surface area (Å²) in [7, 11) is 1.32. The van der Waals surface area contributed by atoms with E-state index in [-0.39, 0.29) is 11.6 Å². The fraction of sp³-hybridized carbons (Fsp3) is 0.261. The van der Waals surface area contributed by atoms with Crippen LogP contribution in [0.3, 0.4) is 0 Å². The van der Waals surface area contributed by atoms with Gasteiger partial charge in [-0.25, -0.2) is 13.9 Å². The highest BCUT2D eigenvalue weighted by Crippen LogP contribution is 2.36. The number of hydrogen-bond acceptors (Lipinski definition) is 4. The summed E-state index contributed by atoms with van der Waals surface area (Å²) in [5.74, 6) is -1.22. The number of fused-ring (bicyclic) bond motifs is 2. The lowest BCUT2D eigenvalue weighted by atomic mass is 10.1. The minimum atomic E-state index is -0.740. The summed E-state index contributed by atoms with van der Waals surface area (Å²) in [6.45, 7) is 0. The Balaban J connectivity index is 1.62. The fourth-order valence-corrected chi connectivity index (χ4v) is 4.51. The van der Waals surface area contributed by atoms with Crippen LogP contribution in [0.1, 0.15) is 33.7 Å². The summed E-state index contributed by atoms with van der Waals surface area (Å²) in [5.41, 5.74) is 3.87. The number of para-hydroxylation sites is 2. The Bertz CT molecular complexity index is 1170. The average molecular weight is 405 g/mol. The Kier molecular flexibility index (Phi) is 4.38. The van der Waals surface area contributed by atoms with E-state index in [9.17, 15) is 14.0 Å². The van der Waals surface area contributed by atoms with Crippen LogP contribution in [0.4, 0.5) is 10.1 Å². The van der Waals surface area contributed by atoms with Crippen molar-refractivity contribution in [1.29, 1.82) is 0 Å². The molecule has 3 aromatic rings. The van der Waals surface area contributed by atoms with Crippen molar-refractivity contribution < 1.29 is 18.7 Å². The number of hydrogen-bond donors (Lipinski definition) is 0. The molecule has 0 saturated heterocycles. The highest BCUT2D eigenvalue weighted by Gasteiger charge is 2.41. The molecule has 1 atom stereocenters. The number of halogens is 1. The number of methoxy groups -OCH3 is 1. The first kappa shape index (κ1) is 18.5. The van der Waals surface area contributed by atoms with Gasteiger partial charge in [-0.05, 0) is 43.0 Å². The fourth-order valence-electron chi connectivity index (χ4n) is 4.51. The van der Waals surface area contributed by atoms with E-state index in [0.717, 1.165) is 29.7 Å². The molecule has 1 aliphatic heterocycles. The van der Waals surface area contributed by atoms with Gasteiger partial charge in [0.2, 0.25) is 0 Å². The Labute approximate surface area is 172 Å². The number of aromatic nitrogens is 2. The van der Waals surface area contributed by atoms with Crippen molar-refractivity contribution in [3.63, 3.8) is 0 Å². The van der Waals surface area contributed by atoms with E-state index in [1.807, 2.05) is 24.3 Å². The largest absolute Gasteiger partial charge is 0.467 e. The molecule has 2 aromatic carbocycles. The van der Waals surface area contributed by atoms with Crippen molar-refractivity contribution in [2.75, 3.05) is 12.0 Å². The molecule has 6 nitrogen and oxygen atoms in total. The molecular weight excluding hydrogens is 385 g/mol. The minimum absolute atomic E-state index is 0.274. The molecule has 1 aromatic heterocycles. The number of esters is 1. The third-order valence-corrected chi connectivity index (χ3v) is 5.88. The molecule has 2 aliphatic rings. The molecule has 1 aliphatic carbocycles. The number of amides is 1. The normalized spacial score (nSPS) is 17.0. The Morgan fingerprint density at radius 1 is 1.07 bits per heavy atom. The molecule has 0 N–H and O–H groups in total. The molecule has 0 bridgehead atoms. The van der Waals surface area contributed by atoms with Crippen molar-refractivity contribution in [2.45, 2.75) is 31.7 Å². The second-order valence-corrected chi connectivity index (χ2v) is 7.54. The molecule has 0 fully saturated rings. The van der Waals surface area contributed by atoms with Crippen LogP contribution in [-0.4, -0.2) is 34.8 Å². The molecule has 152 valence electrons. The van der Waals surface area contributed by atoms with Crippen LogP contribution in [0.15, 0.2) is 48.5 Å². The molecule has 1 amide bonds. The zero-order valence-electron chi connectivity index (χ0n) is 16.5. The zero-order chi connectivity index (χ0) is 20.8. The molecule has 7 heteroatoms. The van der Waals surface area contributed by atoms with Gasteiger partial charge in [0.25, 0.3) is 5.91 Å². The standard InChI is InChI=1S/C23H20FN3O3/c1-30-23(29)20-13-14-7-2-4-10-17(14)26(20)22(28)21-15-8-6-12-18(15)27(25-21)19-11-5-3-9-16(19)24/h2-5,7,9-11,20H,6,8,12-13H2,1H3. The molecule has 0 radical (unpaired) electrons. The molecule has 30 heavy (non-hydrogen) atoms. The van der Waals surface area contributed by atoms with Crippen molar-refractivity contribution in [1.82, 2.24) is 9.78 Å². The molecule has 1 unspecified atom stereocenters. The molecule has 0 saturated carbocycles. The lowest BCUT2D eigenvalue weighted by molar-refractivity contribution is -0.141. The van der Waals surface area contributed by atoms with Gasteiger partial charge in [-0.2, -0.15) is 5.10 Å². The van der Waals surface area contributed by atoms with E-state index < -0.39 is 17.8 Å². The lowest BCUT2D eigenvalue weighted by Gasteiger charge is -2.23. The second kappa shape index (κ2) is 7.09. The maximum atomic E-state index is 14.4. The Morgan fingerprint density at radius 2 is 1.80 bits per heavy atom. The number of carbonyl (C=O) groups is 2. The summed E-state index contributed by atoms with van der Waals surface area (Å²) in [6.07, 6.45) is 2.69. The summed E-state index contributed by atoms with van der Waals surface area (Å²) in [4.78, 5) is 27.6. The third kappa shape index (κ3) is 2.73. The zero-order valence-corrected chi connectivity index (χ0v) is 16.5. The molecular formula is C23H20FN3O3. The van der Waals surface area contributed by atoms with E-state index in [2.05, 4.69) is 5.10 Å². The number of ether oxygens (including phenoxy) is 1. The van der Waals surface area contributed by atoms with Gasteiger partial charge in [0.05, 0.1) is 7.11 Å². The van der Waals surface area contributed by atoms with E-state index >= 15 is 0 Å². The van der Waals surface area contributed by atoms with Gasteiger partial charge >= 0.3 is 5.97 Å². The van der Waals surface area contributed by atoms with Gasteiger partial charge in [0.1, 0.15) is 17.5 Å². The topological polar surface area (TPSA) is 64.4 Å². The highest BCUT2D eigenvalue weighted by atomic mass is 19.1. The number of rotatable bonds is 3. The van der Waals surface area contributed by atoms with Gasteiger partial charge in [0.15, 0.2) is 5.69 Å². The number of carbonyl (C=O) groups excluding carboxylic acids is 2. The highest BCUT2D eigenvalue weighted by molar-refractivity contribution is 6.11. The first-order valence-electron chi connectivity index (χ1n) is 9.95. The Morgan fingerprint density at radius 3 is 2.57 bits per heavy atom. The number of benzene rings is 2. The number of nitrogens with zero attached hydrogens (tertiary/aromatic N) is 3. The first-order chi connectivity index (χ1) is 14.6. The van der Waals surface area contributed by atoms with Gasteiger partial charge < -0.3 is 4.74 Å². The number of anilines is 1. The van der Waals surface area contributed by atoms with Crippen LogP contribution in [0.2, 0.25) is 0 Å². The summed E-state index contributed by atoms with van der Waals surface area (Å²) >= 11 is 0.